The predicted octanol–water partition coefficient (Wildman–Crippen LogP) is 3.43. The number of hydrogen-bond donors (Lipinski definition) is 1. The van der Waals surface area contributed by atoms with Gasteiger partial charge < -0.3 is 5.32 Å². The largest absolute Gasteiger partial charge is 0.380 e. The van der Waals surface area contributed by atoms with Crippen molar-refractivity contribution in [3.8, 4) is 0 Å². The highest BCUT2D eigenvalue weighted by Gasteiger charge is 2.30. The average Bonchev–Trinajstić information content (AvgIpc) is 2.66. The lowest BCUT2D eigenvalue weighted by Crippen LogP contribution is -2.29. The second-order valence-electron chi connectivity index (χ2n) is 5.88. The molecule has 3 unspecified atom stereocenters. The number of rotatable bonds is 3. The zero-order chi connectivity index (χ0) is 14.2. The van der Waals surface area contributed by atoms with Crippen molar-refractivity contribution in [3.05, 3.63) is 21.0 Å². The maximum atomic E-state index is 12.2. The predicted molar refractivity (Wildman–Crippen MR) is 81.6 cm³/mol. The van der Waals surface area contributed by atoms with Crippen molar-refractivity contribution in [1.29, 1.82) is 0 Å². The molecule has 1 N–H and O–H groups in total. The second-order valence-corrected chi connectivity index (χ2v) is 6.67. The molecule has 1 heterocycles. The molecule has 1 aliphatic rings. The number of nitrogens with zero attached hydrogens (tertiary/aromatic N) is 2. The van der Waals surface area contributed by atoms with Gasteiger partial charge in [-0.25, -0.2) is 4.68 Å². The summed E-state index contributed by atoms with van der Waals surface area (Å²) in [5.74, 6) is 1.36. The molecule has 4 nitrogen and oxygen atoms in total. The molecule has 0 aliphatic heterocycles. The van der Waals surface area contributed by atoms with Gasteiger partial charge in [-0.3, -0.25) is 4.79 Å². The van der Waals surface area contributed by atoms with E-state index in [1.165, 1.54) is 11.1 Å². The van der Waals surface area contributed by atoms with Gasteiger partial charge in [-0.15, -0.1) is 0 Å². The topological polar surface area (TPSA) is 46.9 Å². The van der Waals surface area contributed by atoms with Gasteiger partial charge in [0.1, 0.15) is 4.47 Å². The van der Waals surface area contributed by atoms with Crippen molar-refractivity contribution in [2.45, 2.75) is 52.6 Å². The Balaban J connectivity index is 2.23. The summed E-state index contributed by atoms with van der Waals surface area (Å²) in [6, 6.07) is 0.505. The van der Waals surface area contributed by atoms with Crippen molar-refractivity contribution in [2.75, 3.05) is 5.32 Å². The monoisotopic (exact) mass is 327 g/mol. The Morgan fingerprint density at radius 1 is 1.42 bits per heavy atom. The van der Waals surface area contributed by atoms with Crippen molar-refractivity contribution in [3.63, 3.8) is 0 Å². The van der Waals surface area contributed by atoms with E-state index >= 15 is 0 Å². The Bertz CT molecular complexity index is 512. The van der Waals surface area contributed by atoms with E-state index in [9.17, 15) is 4.79 Å². The Hall–Kier alpha value is -0.840. The number of hydrogen-bond acceptors (Lipinski definition) is 3. The fourth-order valence-electron chi connectivity index (χ4n) is 2.68. The van der Waals surface area contributed by atoms with E-state index < -0.39 is 0 Å². The number of aromatic nitrogens is 2. The third kappa shape index (κ3) is 2.86. The molecule has 1 aliphatic carbocycles. The van der Waals surface area contributed by atoms with Gasteiger partial charge in [0.25, 0.3) is 5.56 Å². The standard InChI is InChI=1S/C14H22BrN3O/c1-8(2)18-14(19)13(15)12(7-16-18)17-11-6-5-9(3)10(11)4/h7-11,17H,5-6H2,1-4H3. The van der Waals surface area contributed by atoms with Crippen LogP contribution < -0.4 is 10.9 Å². The first kappa shape index (κ1) is 14.6. The third-order valence-electron chi connectivity index (χ3n) is 4.24. The van der Waals surface area contributed by atoms with Crippen LogP contribution in [-0.2, 0) is 0 Å². The summed E-state index contributed by atoms with van der Waals surface area (Å²) in [7, 11) is 0. The highest BCUT2D eigenvalue weighted by molar-refractivity contribution is 9.10. The van der Waals surface area contributed by atoms with Crippen molar-refractivity contribution >= 4 is 21.6 Å². The summed E-state index contributed by atoms with van der Waals surface area (Å²) >= 11 is 3.41. The van der Waals surface area contributed by atoms with Crippen LogP contribution in [0, 0.1) is 11.8 Å². The number of halogens is 1. The average molecular weight is 328 g/mol. The van der Waals surface area contributed by atoms with Gasteiger partial charge in [-0.2, -0.15) is 5.10 Å². The molecule has 1 saturated carbocycles. The zero-order valence-corrected chi connectivity index (χ0v) is 13.6. The van der Waals surface area contributed by atoms with E-state index in [4.69, 9.17) is 0 Å². The normalized spacial score (nSPS) is 26.9. The minimum absolute atomic E-state index is 0.0706. The van der Waals surface area contributed by atoms with Crippen LogP contribution in [0.4, 0.5) is 5.69 Å². The molecule has 1 aromatic rings. The summed E-state index contributed by atoms with van der Waals surface area (Å²) in [5.41, 5.74) is 0.742. The van der Waals surface area contributed by atoms with Gasteiger partial charge in [-0.05, 0) is 54.5 Å². The van der Waals surface area contributed by atoms with Gasteiger partial charge in [0.15, 0.2) is 0 Å². The first-order chi connectivity index (χ1) is 8.91. The minimum atomic E-state index is -0.0706. The molecule has 2 rings (SSSR count). The van der Waals surface area contributed by atoms with Crippen LogP contribution in [0.3, 0.4) is 0 Å². The lowest BCUT2D eigenvalue weighted by molar-refractivity contribution is 0.435. The van der Waals surface area contributed by atoms with Crippen molar-refractivity contribution in [2.24, 2.45) is 11.8 Å². The summed E-state index contributed by atoms with van der Waals surface area (Å²) in [4.78, 5) is 12.2. The molecule has 0 radical (unpaired) electrons. The number of anilines is 1. The van der Waals surface area contributed by atoms with Crippen LogP contribution in [0.5, 0.6) is 0 Å². The van der Waals surface area contributed by atoms with E-state index in [1.807, 2.05) is 13.8 Å². The quantitative estimate of drug-likeness (QED) is 0.925. The third-order valence-corrected chi connectivity index (χ3v) is 5.01. The van der Waals surface area contributed by atoms with E-state index in [-0.39, 0.29) is 11.6 Å². The van der Waals surface area contributed by atoms with Crippen LogP contribution in [-0.4, -0.2) is 15.8 Å². The van der Waals surface area contributed by atoms with Gasteiger partial charge >= 0.3 is 0 Å². The fourth-order valence-corrected chi connectivity index (χ4v) is 3.08. The van der Waals surface area contributed by atoms with Gasteiger partial charge in [0.2, 0.25) is 0 Å². The van der Waals surface area contributed by atoms with E-state index in [1.54, 1.807) is 6.20 Å². The maximum absolute atomic E-state index is 12.2. The molecule has 106 valence electrons. The highest BCUT2D eigenvalue weighted by Crippen LogP contribution is 2.34. The smallest absolute Gasteiger partial charge is 0.283 e. The molecule has 0 bridgehead atoms. The zero-order valence-electron chi connectivity index (χ0n) is 12.0. The van der Waals surface area contributed by atoms with Gasteiger partial charge in [-0.1, -0.05) is 13.8 Å². The molecule has 0 amide bonds. The van der Waals surface area contributed by atoms with E-state index in [0.29, 0.717) is 16.4 Å². The summed E-state index contributed by atoms with van der Waals surface area (Å²) < 4.78 is 2.08. The first-order valence-electron chi connectivity index (χ1n) is 6.95. The SMILES string of the molecule is CC1CCC(Nc2cnn(C(C)C)c(=O)c2Br)C1C. The van der Waals surface area contributed by atoms with Gasteiger partial charge in [0, 0.05) is 6.04 Å². The molecule has 0 spiro atoms. The first-order valence-corrected chi connectivity index (χ1v) is 7.75. The second kappa shape index (κ2) is 5.65. The molecule has 1 aromatic heterocycles. The van der Waals surface area contributed by atoms with Crippen LogP contribution >= 0.6 is 15.9 Å². The highest BCUT2D eigenvalue weighted by atomic mass is 79.9. The maximum Gasteiger partial charge on any atom is 0.283 e. The molecule has 5 heteroatoms. The summed E-state index contributed by atoms with van der Waals surface area (Å²) in [6.07, 6.45) is 4.15. The van der Waals surface area contributed by atoms with Crippen LogP contribution in [0.1, 0.15) is 46.6 Å². The number of nitrogens with one attached hydrogen (secondary N) is 1. The van der Waals surface area contributed by atoms with E-state index in [0.717, 1.165) is 18.0 Å². The fraction of sp³-hybridized carbons (Fsp3) is 0.714. The van der Waals surface area contributed by atoms with Crippen molar-refractivity contribution < 1.29 is 0 Å². The Kier molecular flexibility index (Phi) is 4.33. The van der Waals surface area contributed by atoms with Crippen LogP contribution in [0.25, 0.3) is 0 Å². The molecular weight excluding hydrogens is 306 g/mol. The van der Waals surface area contributed by atoms with Crippen molar-refractivity contribution in [1.82, 2.24) is 9.78 Å². The summed E-state index contributed by atoms with van der Waals surface area (Å²) in [6.45, 7) is 8.46. The molecule has 0 aromatic carbocycles. The summed E-state index contributed by atoms with van der Waals surface area (Å²) in [5, 5.41) is 7.71. The molecule has 19 heavy (non-hydrogen) atoms. The van der Waals surface area contributed by atoms with Crippen LogP contribution in [0.2, 0.25) is 0 Å². The van der Waals surface area contributed by atoms with Gasteiger partial charge in [0.05, 0.1) is 17.9 Å². The lowest BCUT2D eigenvalue weighted by Gasteiger charge is -2.21. The lowest BCUT2D eigenvalue weighted by atomic mass is 9.98. The van der Waals surface area contributed by atoms with E-state index in [2.05, 4.69) is 40.2 Å². The molecule has 3 atom stereocenters. The Labute approximate surface area is 122 Å². The molecule has 0 saturated heterocycles. The molecule has 1 fully saturated rings. The minimum Gasteiger partial charge on any atom is -0.380 e. The Morgan fingerprint density at radius 2 is 2.11 bits per heavy atom. The van der Waals surface area contributed by atoms with Crippen LogP contribution in [0.15, 0.2) is 15.5 Å². The molecular formula is C14H22BrN3O. The Morgan fingerprint density at radius 3 is 2.63 bits per heavy atom.